The Kier molecular flexibility index (Phi) is 4.61. The summed E-state index contributed by atoms with van der Waals surface area (Å²) in [5, 5.41) is 6.81. The van der Waals surface area contributed by atoms with Crippen molar-refractivity contribution in [3.63, 3.8) is 0 Å². The molecule has 0 aliphatic heterocycles. The van der Waals surface area contributed by atoms with E-state index in [4.69, 9.17) is 11.6 Å². The lowest BCUT2D eigenvalue weighted by molar-refractivity contribution is -0.120. The van der Waals surface area contributed by atoms with Crippen molar-refractivity contribution in [2.75, 3.05) is 13.1 Å². The average molecular weight is 267 g/mol. The van der Waals surface area contributed by atoms with Gasteiger partial charge in [-0.05, 0) is 43.9 Å². The van der Waals surface area contributed by atoms with E-state index in [0.717, 1.165) is 18.0 Å². The van der Waals surface area contributed by atoms with Crippen molar-refractivity contribution < 1.29 is 4.79 Å². The summed E-state index contributed by atoms with van der Waals surface area (Å²) in [6.45, 7) is 3.28. The van der Waals surface area contributed by atoms with Crippen LogP contribution in [0.3, 0.4) is 0 Å². The molecule has 1 aliphatic carbocycles. The van der Waals surface area contributed by atoms with E-state index in [9.17, 15) is 4.79 Å². The van der Waals surface area contributed by atoms with Crippen LogP contribution in [0.5, 0.6) is 0 Å². The van der Waals surface area contributed by atoms with Gasteiger partial charge < -0.3 is 10.6 Å². The number of nitrogens with one attached hydrogen (secondary N) is 2. The molecule has 98 valence electrons. The molecule has 0 radical (unpaired) electrons. The fourth-order valence-electron chi connectivity index (χ4n) is 1.91. The van der Waals surface area contributed by atoms with Gasteiger partial charge in [0.2, 0.25) is 5.91 Å². The second kappa shape index (κ2) is 6.21. The summed E-state index contributed by atoms with van der Waals surface area (Å²) in [5.41, 5.74) is 0.953. The maximum atomic E-state index is 11.7. The summed E-state index contributed by atoms with van der Waals surface area (Å²) >= 11 is 6.09. The van der Waals surface area contributed by atoms with Gasteiger partial charge in [-0.25, -0.2) is 0 Å². The molecule has 0 saturated heterocycles. The third kappa shape index (κ3) is 4.00. The van der Waals surface area contributed by atoms with Gasteiger partial charge in [0.1, 0.15) is 0 Å². The molecular weight excluding hydrogens is 248 g/mol. The van der Waals surface area contributed by atoms with Crippen molar-refractivity contribution in [1.82, 2.24) is 10.6 Å². The van der Waals surface area contributed by atoms with Gasteiger partial charge in [0.05, 0.1) is 12.6 Å². The monoisotopic (exact) mass is 266 g/mol. The Morgan fingerprint density at radius 2 is 2.17 bits per heavy atom. The lowest BCUT2D eigenvalue weighted by Crippen LogP contribution is -2.36. The van der Waals surface area contributed by atoms with Crippen LogP contribution in [0.15, 0.2) is 24.3 Å². The Bertz CT molecular complexity index is 418. The number of carbonyl (C=O) groups excluding carboxylic acids is 1. The Hall–Kier alpha value is -1.06. The van der Waals surface area contributed by atoms with Gasteiger partial charge in [-0.3, -0.25) is 4.79 Å². The zero-order valence-electron chi connectivity index (χ0n) is 10.6. The van der Waals surface area contributed by atoms with E-state index >= 15 is 0 Å². The minimum Gasteiger partial charge on any atom is -0.348 e. The topological polar surface area (TPSA) is 41.1 Å². The molecule has 0 aromatic heterocycles. The standard InChI is InChI=1S/C14H19ClN2O/c1-10(12-4-2-3-5-13(12)15)17-14(18)9-16-8-11-6-7-11/h2-5,10-11,16H,6-9H2,1H3,(H,17,18)/t10-/m0/s1. The Balaban J connectivity index is 1.77. The molecule has 1 atom stereocenters. The van der Waals surface area contributed by atoms with Crippen LogP contribution in [0, 0.1) is 5.92 Å². The average Bonchev–Trinajstić information content (AvgIpc) is 3.13. The van der Waals surface area contributed by atoms with Crippen molar-refractivity contribution >= 4 is 17.5 Å². The first-order valence-corrected chi connectivity index (χ1v) is 6.79. The first-order valence-electron chi connectivity index (χ1n) is 6.41. The third-order valence-electron chi connectivity index (χ3n) is 3.16. The van der Waals surface area contributed by atoms with E-state index in [1.165, 1.54) is 12.8 Å². The molecule has 2 N–H and O–H groups in total. The maximum absolute atomic E-state index is 11.7. The quantitative estimate of drug-likeness (QED) is 0.831. The van der Waals surface area contributed by atoms with Crippen LogP contribution in [0.4, 0.5) is 0 Å². The molecule has 1 amide bonds. The zero-order valence-corrected chi connectivity index (χ0v) is 11.3. The Morgan fingerprint density at radius 3 is 2.83 bits per heavy atom. The number of hydrogen-bond donors (Lipinski definition) is 2. The number of hydrogen-bond acceptors (Lipinski definition) is 2. The Labute approximate surface area is 113 Å². The van der Waals surface area contributed by atoms with E-state index in [2.05, 4.69) is 10.6 Å². The summed E-state index contributed by atoms with van der Waals surface area (Å²) in [6, 6.07) is 7.52. The van der Waals surface area contributed by atoms with Gasteiger partial charge in [-0.1, -0.05) is 29.8 Å². The fourth-order valence-corrected chi connectivity index (χ4v) is 2.21. The summed E-state index contributed by atoms with van der Waals surface area (Å²) < 4.78 is 0. The molecule has 1 aliphatic rings. The summed E-state index contributed by atoms with van der Waals surface area (Å²) in [4.78, 5) is 11.7. The molecule has 0 heterocycles. The van der Waals surface area contributed by atoms with Crippen molar-refractivity contribution in [2.24, 2.45) is 5.92 Å². The first-order chi connectivity index (χ1) is 8.66. The number of amides is 1. The van der Waals surface area contributed by atoms with E-state index in [-0.39, 0.29) is 11.9 Å². The lowest BCUT2D eigenvalue weighted by atomic mass is 10.1. The highest BCUT2D eigenvalue weighted by atomic mass is 35.5. The molecule has 3 nitrogen and oxygen atoms in total. The highest BCUT2D eigenvalue weighted by Gasteiger charge is 2.20. The van der Waals surface area contributed by atoms with Crippen LogP contribution >= 0.6 is 11.6 Å². The molecule has 1 aromatic carbocycles. The van der Waals surface area contributed by atoms with Gasteiger partial charge in [0.15, 0.2) is 0 Å². The fraction of sp³-hybridized carbons (Fsp3) is 0.500. The Morgan fingerprint density at radius 1 is 1.44 bits per heavy atom. The summed E-state index contributed by atoms with van der Waals surface area (Å²) in [6.07, 6.45) is 2.59. The van der Waals surface area contributed by atoms with Crippen molar-refractivity contribution in [3.8, 4) is 0 Å². The van der Waals surface area contributed by atoms with Gasteiger partial charge in [-0.15, -0.1) is 0 Å². The van der Waals surface area contributed by atoms with Gasteiger partial charge in [0.25, 0.3) is 0 Å². The number of halogens is 1. The number of benzene rings is 1. The third-order valence-corrected chi connectivity index (χ3v) is 3.51. The highest BCUT2D eigenvalue weighted by Crippen LogP contribution is 2.27. The second-order valence-corrected chi connectivity index (χ2v) is 5.29. The minimum atomic E-state index is -0.0612. The highest BCUT2D eigenvalue weighted by molar-refractivity contribution is 6.31. The number of carbonyl (C=O) groups is 1. The number of rotatable bonds is 6. The minimum absolute atomic E-state index is 0.0167. The molecule has 0 unspecified atom stereocenters. The summed E-state index contributed by atoms with van der Waals surface area (Å²) in [5.74, 6) is 0.807. The molecule has 1 saturated carbocycles. The molecule has 1 fully saturated rings. The van der Waals surface area contributed by atoms with Gasteiger partial charge >= 0.3 is 0 Å². The van der Waals surface area contributed by atoms with Crippen molar-refractivity contribution in [3.05, 3.63) is 34.9 Å². The summed E-state index contributed by atoms with van der Waals surface area (Å²) in [7, 11) is 0. The normalized spacial score (nSPS) is 16.3. The SMILES string of the molecule is C[C@H](NC(=O)CNCC1CC1)c1ccccc1Cl. The van der Waals surface area contributed by atoms with Gasteiger partial charge in [0, 0.05) is 5.02 Å². The van der Waals surface area contributed by atoms with Crippen molar-refractivity contribution in [1.29, 1.82) is 0 Å². The smallest absolute Gasteiger partial charge is 0.234 e. The maximum Gasteiger partial charge on any atom is 0.234 e. The second-order valence-electron chi connectivity index (χ2n) is 4.88. The zero-order chi connectivity index (χ0) is 13.0. The molecule has 18 heavy (non-hydrogen) atoms. The van der Waals surface area contributed by atoms with Gasteiger partial charge in [-0.2, -0.15) is 0 Å². The van der Waals surface area contributed by atoms with Crippen LogP contribution in [-0.4, -0.2) is 19.0 Å². The predicted octanol–water partition coefficient (Wildman–Crippen LogP) is 2.52. The molecular formula is C14H19ClN2O. The molecule has 1 aromatic rings. The van der Waals surface area contributed by atoms with Crippen LogP contribution < -0.4 is 10.6 Å². The molecule has 2 rings (SSSR count). The van der Waals surface area contributed by atoms with E-state index in [0.29, 0.717) is 11.6 Å². The van der Waals surface area contributed by atoms with Crippen LogP contribution in [0.1, 0.15) is 31.4 Å². The van der Waals surface area contributed by atoms with Crippen LogP contribution in [-0.2, 0) is 4.79 Å². The van der Waals surface area contributed by atoms with Crippen LogP contribution in [0.2, 0.25) is 5.02 Å². The van der Waals surface area contributed by atoms with E-state index in [1.807, 2.05) is 31.2 Å². The largest absolute Gasteiger partial charge is 0.348 e. The van der Waals surface area contributed by atoms with Crippen LogP contribution in [0.25, 0.3) is 0 Å². The van der Waals surface area contributed by atoms with Crippen molar-refractivity contribution in [2.45, 2.75) is 25.8 Å². The molecule has 0 spiro atoms. The first kappa shape index (κ1) is 13.4. The molecule has 4 heteroatoms. The molecule has 0 bridgehead atoms. The van der Waals surface area contributed by atoms with E-state index < -0.39 is 0 Å². The van der Waals surface area contributed by atoms with E-state index in [1.54, 1.807) is 0 Å². The lowest BCUT2D eigenvalue weighted by Gasteiger charge is -2.15. The predicted molar refractivity (Wildman–Crippen MR) is 73.6 cm³/mol.